The van der Waals surface area contributed by atoms with E-state index in [1.165, 1.54) is 0 Å². The predicted molar refractivity (Wildman–Crippen MR) is 67.9 cm³/mol. The Morgan fingerprint density at radius 3 is 2.72 bits per heavy atom. The van der Waals surface area contributed by atoms with E-state index in [9.17, 15) is 4.79 Å². The molecule has 5 nitrogen and oxygen atoms in total. The summed E-state index contributed by atoms with van der Waals surface area (Å²) in [5.74, 6) is 0.761. The second-order valence-corrected chi connectivity index (χ2v) is 5.17. The number of carbonyl (C=O) groups is 1. The van der Waals surface area contributed by atoms with Crippen LogP contribution < -0.4 is 11.1 Å². The van der Waals surface area contributed by atoms with Gasteiger partial charge in [0.25, 0.3) is 0 Å². The summed E-state index contributed by atoms with van der Waals surface area (Å²) in [5, 5.41) is 6.92. The summed E-state index contributed by atoms with van der Waals surface area (Å²) in [6.45, 7) is 5.69. The van der Waals surface area contributed by atoms with Crippen LogP contribution in [0.3, 0.4) is 0 Å². The lowest BCUT2D eigenvalue weighted by atomic mass is 10.0. The van der Waals surface area contributed by atoms with Crippen molar-refractivity contribution < 1.29 is 9.32 Å². The van der Waals surface area contributed by atoms with Crippen LogP contribution in [-0.4, -0.2) is 17.1 Å². The number of nitrogens with two attached hydrogens (primary N) is 1. The van der Waals surface area contributed by atoms with Gasteiger partial charge in [-0.15, -0.1) is 0 Å². The molecule has 3 N–H and O–H groups in total. The second-order valence-electron chi connectivity index (χ2n) is 5.17. The van der Waals surface area contributed by atoms with Gasteiger partial charge in [-0.05, 0) is 33.6 Å². The molecular weight excluding hydrogens is 230 g/mol. The van der Waals surface area contributed by atoms with Gasteiger partial charge in [0.1, 0.15) is 5.76 Å². The Bertz CT molecular complexity index is 422. The lowest BCUT2D eigenvalue weighted by Crippen LogP contribution is -2.39. The van der Waals surface area contributed by atoms with E-state index in [-0.39, 0.29) is 23.9 Å². The summed E-state index contributed by atoms with van der Waals surface area (Å²) in [6, 6.07) is -0.0848. The van der Waals surface area contributed by atoms with Crippen molar-refractivity contribution in [2.45, 2.75) is 52.1 Å². The Balaban J connectivity index is 2.03. The first-order valence-electron chi connectivity index (χ1n) is 6.49. The number of nitrogens with one attached hydrogen (secondary N) is 1. The second kappa shape index (κ2) is 5.10. The van der Waals surface area contributed by atoms with Crippen molar-refractivity contribution in [3.63, 3.8) is 0 Å². The molecule has 0 bridgehead atoms. The highest BCUT2D eigenvalue weighted by molar-refractivity contribution is 5.80. The van der Waals surface area contributed by atoms with E-state index in [2.05, 4.69) is 10.5 Å². The Hall–Kier alpha value is -1.36. The molecular formula is C13H21N3O2. The smallest absolute Gasteiger partial charge is 0.225 e. The number of nitrogens with zero attached hydrogens (tertiary/aromatic N) is 1. The lowest BCUT2D eigenvalue weighted by Gasteiger charge is -2.19. The molecule has 2 rings (SSSR count). The summed E-state index contributed by atoms with van der Waals surface area (Å²) in [6.07, 6.45) is 2.87. The Morgan fingerprint density at radius 1 is 1.50 bits per heavy atom. The molecule has 3 atom stereocenters. The number of carbonyl (C=O) groups excluding carboxylic acids is 1. The zero-order chi connectivity index (χ0) is 13.3. The third-order valence-corrected chi connectivity index (χ3v) is 3.79. The molecule has 3 unspecified atom stereocenters. The predicted octanol–water partition coefficient (Wildman–Crippen LogP) is 1.60. The first kappa shape index (κ1) is 13.1. The van der Waals surface area contributed by atoms with E-state index >= 15 is 0 Å². The minimum Gasteiger partial charge on any atom is -0.361 e. The maximum atomic E-state index is 12.1. The minimum atomic E-state index is -0.0865. The molecule has 0 aromatic carbocycles. The number of aromatic nitrogens is 1. The summed E-state index contributed by atoms with van der Waals surface area (Å²) in [5.41, 5.74) is 7.74. The standard InChI is InChI=1S/C13H21N3O2/c1-7(12-8(2)16-18-9(12)3)15-13(17)10-5-4-6-11(10)14/h7,10-11H,4-6,14H2,1-3H3,(H,15,17). The van der Waals surface area contributed by atoms with Crippen LogP contribution in [0.15, 0.2) is 4.52 Å². The summed E-state index contributed by atoms with van der Waals surface area (Å²) >= 11 is 0. The van der Waals surface area contributed by atoms with Gasteiger partial charge in [-0.3, -0.25) is 4.79 Å². The van der Waals surface area contributed by atoms with Gasteiger partial charge in [0.2, 0.25) is 5.91 Å². The average molecular weight is 251 g/mol. The van der Waals surface area contributed by atoms with Gasteiger partial charge >= 0.3 is 0 Å². The van der Waals surface area contributed by atoms with Crippen LogP contribution in [0.2, 0.25) is 0 Å². The van der Waals surface area contributed by atoms with Crippen LogP contribution in [0.5, 0.6) is 0 Å². The van der Waals surface area contributed by atoms with E-state index in [1.807, 2.05) is 20.8 Å². The summed E-state index contributed by atoms with van der Waals surface area (Å²) in [4.78, 5) is 12.1. The fraction of sp³-hybridized carbons (Fsp3) is 0.692. The Labute approximate surface area is 107 Å². The third kappa shape index (κ3) is 2.41. The topological polar surface area (TPSA) is 81.2 Å². The zero-order valence-electron chi connectivity index (χ0n) is 11.2. The molecule has 1 saturated carbocycles. The van der Waals surface area contributed by atoms with Gasteiger partial charge in [0.05, 0.1) is 17.7 Å². The van der Waals surface area contributed by atoms with E-state index < -0.39 is 0 Å². The number of aryl methyl sites for hydroxylation is 2. The van der Waals surface area contributed by atoms with Crippen LogP contribution in [0.25, 0.3) is 0 Å². The van der Waals surface area contributed by atoms with Crippen molar-refractivity contribution in [1.29, 1.82) is 0 Å². The fourth-order valence-corrected chi connectivity index (χ4v) is 2.82. The van der Waals surface area contributed by atoms with Crippen LogP contribution in [0.1, 0.15) is 49.2 Å². The molecule has 18 heavy (non-hydrogen) atoms. The fourth-order valence-electron chi connectivity index (χ4n) is 2.82. The maximum Gasteiger partial charge on any atom is 0.225 e. The normalized spacial score (nSPS) is 25.1. The van der Waals surface area contributed by atoms with Crippen molar-refractivity contribution >= 4 is 5.91 Å². The molecule has 1 aromatic rings. The monoisotopic (exact) mass is 251 g/mol. The highest BCUT2D eigenvalue weighted by Gasteiger charge is 2.31. The number of hydrogen-bond donors (Lipinski definition) is 2. The van der Waals surface area contributed by atoms with Gasteiger partial charge in [-0.25, -0.2) is 0 Å². The minimum absolute atomic E-state index is 0.00173. The van der Waals surface area contributed by atoms with Gasteiger partial charge in [-0.2, -0.15) is 0 Å². The quantitative estimate of drug-likeness (QED) is 0.855. The Kier molecular flexibility index (Phi) is 3.71. The first-order valence-corrected chi connectivity index (χ1v) is 6.49. The number of rotatable bonds is 3. The van der Waals surface area contributed by atoms with Crippen molar-refractivity contribution in [3.05, 3.63) is 17.0 Å². The highest BCUT2D eigenvalue weighted by atomic mass is 16.5. The van der Waals surface area contributed by atoms with E-state index in [0.29, 0.717) is 0 Å². The van der Waals surface area contributed by atoms with Crippen LogP contribution in [0, 0.1) is 19.8 Å². The summed E-state index contributed by atoms with van der Waals surface area (Å²) in [7, 11) is 0. The molecule has 0 spiro atoms. The average Bonchev–Trinajstić information content (AvgIpc) is 2.85. The molecule has 1 fully saturated rings. The molecule has 0 aliphatic heterocycles. The molecule has 0 radical (unpaired) electrons. The highest BCUT2D eigenvalue weighted by Crippen LogP contribution is 2.26. The van der Waals surface area contributed by atoms with E-state index in [4.69, 9.17) is 10.3 Å². The largest absolute Gasteiger partial charge is 0.361 e. The molecule has 1 amide bonds. The number of amides is 1. The van der Waals surface area contributed by atoms with Crippen molar-refractivity contribution in [2.75, 3.05) is 0 Å². The van der Waals surface area contributed by atoms with Crippen molar-refractivity contribution in [3.8, 4) is 0 Å². The first-order chi connectivity index (χ1) is 8.50. The van der Waals surface area contributed by atoms with Crippen LogP contribution in [-0.2, 0) is 4.79 Å². The molecule has 5 heteroatoms. The van der Waals surface area contributed by atoms with Crippen LogP contribution in [0.4, 0.5) is 0 Å². The third-order valence-electron chi connectivity index (χ3n) is 3.79. The molecule has 100 valence electrons. The van der Waals surface area contributed by atoms with Gasteiger partial charge in [0, 0.05) is 11.6 Å². The van der Waals surface area contributed by atoms with Gasteiger partial charge in [-0.1, -0.05) is 11.6 Å². The molecule has 1 aliphatic rings. The van der Waals surface area contributed by atoms with Crippen molar-refractivity contribution in [1.82, 2.24) is 10.5 Å². The molecule has 1 heterocycles. The van der Waals surface area contributed by atoms with E-state index in [0.717, 1.165) is 36.3 Å². The van der Waals surface area contributed by atoms with Gasteiger partial charge < -0.3 is 15.6 Å². The zero-order valence-corrected chi connectivity index (χ0v) is 11.2. The van der Waals surface area contributed by atoms with Crippen LogP contribution >= 0.6 is 0 Å². The SMILES string of the molecule is Cc1noc(C)c1C(C)NC(=O)C1CCCC1N. The summed E-state index contributed by atoms with van der Waals surface area (Å²) < 4.78 is 5.12. The maximum absolute atomic E-state index is 12.1. The molecule has 1 aliphatic carbocycles. The van der Waals surface area contributed by atoms with E-state index in [1.54, 1.807) is 0 Å². The lowest BCUT2D eigenvalue weighted by molar-refractivity contribution is -0.125. The van der Waals surface area contributed by atoms with Gasteiger partial charge in [0.15, 0.2) is 0 Å². The molecule has 0 saturated heterocycles. The number of hydrogen-bond acceptors (Lipinski definition) is 4. The Morgan fingerprint density at radius 2 is 2.22 bits per heavy atom. The molecule has 1 aromatic heterocycles. The van der Waals surface area contributed by atoms with Crippen molar-refractivity contribution in [2.24, 2.45) is 11.7 Å².